The lowest BCUT2D eigenvalue weighted by Gasteiger charge is -2.29. The van der Waals surface area contributed by atoms with E-state index in [4.69, 9.17) is 0 Å². The van der Waals surface area contributed by atoms with Gasteiger partial charge in [0.2, 0.25) is 0 Å². The molecule has 0 saturated heterocycles. The lowest BCUT2D eigenvalue weighted by Crippen LogP contribution is -2.43. The van der Waals surface area contributed by atoms with E-state index >= 15 is 0 Å². The van der Waals surface area contributed by atoms with Gasteiger partial charge in [0, 0.05) is 18.0 Å². The van der Waals surface area contributed by atoms with Crippen molar-refractivity contribution in [3.63, 3.8) is 0 Å². The molecule has 2 rings (SSSR count). The molecule has 0 heterocycles. The van der Waals surface area contributed by atoms with Crippen molar-refractivity contribution in [2.45, 2.75) is 43.5 Å². The molecule has 5 nitrogen and oxygen atoms in total. The predicted molar refractivity (Wildman–Crippen MR) is 83.1 cm³/mol. The molecule has 21 heavy (non-hydrogen) atoms. The largest absolute Gasteiger partial charge is 0.335 e. The van der Waals surface area contributed by atoms with E-state index in [1.807, 2.05) is 0 Å². The summed E-state index contributed by atoms with van der Waals surface area (Å²) >= 11 is 0. The van der Waals surface area contributed by atoms with Gasteiger partial charge in [0.25, 0.3) is 0 Å². The van der Waals surface area contributed by atoms with Crippen LogP contribution in [0.15, 0.2) is 29.2 Å². The maximum atomic E-state index is 12.0. The number of hydrogen-bond acceptors (Lipinski definition) is 3. The molecule has 2 atom stereocenters. The van der Waals surface area contributed by atoms with Crippen molar-refractivity contribution in [1.82, 2.24) is 5.32 Å². The highest BCUT2D eigenvalue weighted by Gasteiger charge is 2.22. The first-order valence-electron chi connectivity index (χ1n) is 7.24. The van der Waals surface area contributed by atoms with Crippen LogP contribution in [-0.2, 0) is 9.84 Å². The highest BCUT2D eigenvalue weighted by Crippen LogP contribution is 2.23. The fourth-order valence-corrected chi connectivity index (χ4v) is 3.28. The molecule has 0 aliphatic heterocycles. The highest BCUT2D eigenvalue weighted by atomic mass is 32.2. The van der Waals surface area contributed by atoms with E-state index in [9.17, 15) is 13.2 Å². The minimum atomic E-state index is -3.21. The van der Waals surface area contributed by atoms with Crippen molar-refractivity contribution < 1.29 is 13.2 Å². The van der Waals surface area contributed by atoms with Gasteiger partial charge in [-0.05, 0) is 43.0 Å². The summed E-state index contributed by atoms with van der Waals surface area (Å²) in [5, 5.41) is 5.74. The number of sulfone groups is 1. The molecule has 0 radical (unpaired) electrons. The minimum absolute atomic E-state index is 0.217. The van der Waals surface area contributed by atoms with Gasteiger partial charge in [0.05, 0.1) is 4.90 Å². The molecule has 1 aromatic carbocycles. The summed E-state index contributed by atoms with van der Waals surface area (Å²) in [4.78, 5) is 12.2. The molecule has 2 N–H and O–H groups in total. The van der Waals surface area contributed by atoms with Gasteiger partial charge >= 0.3 is 6.03 Å². The lowest BCUT2D eigenvalue weighted by atomic mass is 9.86. The van der Waals surface area contributed by atoms with Crippen molar-refractivity contribution in [3.05, 3.63) is 24.3 Å². The number of hydrogen-bond donors (Lipinski definition) is 2. The maximum absolute atomic E-state index is 12.0. The third-order valence-corrected chi connectivity index (χ3v) is 5.10. The molecule has 1 aliphatic rings. The van der Waals surface area contributed by atoms with Crippen LogP contribution in [0.3, 0.4) is 0 Å². The van der Waals surface area contributed by atoms with E-state index in [0.29, 0.717) is 11.6 Å². The van der Waals surface area contributed by atoms with Crippen LogP contribution >= 0.6 is 0 Å². The molecule has 0 aromatic heterocycles. The Labute approximate surface area is 126 Å². The average Bonchev–Trinajstić information content (AvgIpc) is 2.41. The topological polar surface area (TPSA) is 75.3 Å². The summed E-state index contributed by atoms with van der Waals surface area (Å²) in [6.07, 6.45) is 5.70. The van der Waals surface area contributed by atoms with Crippen molar-refractivity contribution in [1.29, 1.82) is 0 Å². The summed E-state index contributed by atoms with van der Waals surface area (Å²) in [5.74, 6) is 0.497. The van der Waals surface area contributed by atoms with E-state index in [0.717, 1.165) is 25.5 Å². The van der Waals surface area contributed by atoms with Gasteiger partial charge in [-0.3, -0.25) is 0 Å². The molecule has 0 bridgehead atoms. The van der Waals surface area contributed by atoms with E-state index in [2.05, 4.69) is 17.6 Å². The van der Waals surface area contributed by atoms with Crippen LogP contribution in [0.25, 0.3) is 0 Å². The maximum Gasteiger partial charge on any atom is 0.319 e. The van der Waals surface area contributed by atoms with E-state index in [1.54, 1.807) is 12.1 Å². The SMILES string of the molecule is C[C@@H]1CCCC[C@@H]1NC(=O)Nc1ccc(S(C)(=O)=O)cc1. The molecule has 116 valence electrons. The Morgan fingerprint density at radius 2 is 1.76 bits per heavy atom. The Kier molecular flexibility index (Phi) is 4.88. The fraction of sp³-hybridized carbons (Fsp3) is 0.533. The van der Waals surface area contributed by atoms with Crippen molar-refractivity contribution in [3.8, 4) is 0 Å². The third-order valence-electron chi connectivity index (χ3n) is 3.97. The van der Waals surface area contributed by atoms with Crippen LogP contribution in [0.4, 0.5) is 10.5 Å². The number of benzene rings is 1. The smallest absolute Gasteiger partial charge is 0.319 e. The first kappa shape index (κ1) is 15.8. The van der Waals surface area contributed by atoms with Gasteiger partial charge in [0.15, 0.2) is 9.84 Å². The molecular weight excluding hydrogens is 288 g/mol. The number of nitrogens with one attached hydrogen (secondary N) is 2. The van der Waals surface area contributed by atoms with E-state index in [1.165, 1.54) is 18.6 Å². The molecule has 1 fully saturated rings. The van der Waals surface area contributed by atoms with Crippen LogP contribution in [0.2, 0.25) is 0 Å². The summed E-state index contributed by atoms with van der Waals surface area (Å²) in [5.41, 5.74) is 0.586. The zero-order valence-electron chi connectivity index (χ0n) is 12.4. The van der Waals surface area contributed by atoms with Crippen LogP contribution in [0.1, 0.15) is 32.6 Å². The predicted octanol–water partition coefficient (Wildman–Crippen LogP) is 2.79. The lowest BCUT2D eigenvalue weighted by molar-refractivity contribution is 0.232. The van der Waals surface area contributed by atoms with Crippen molar-refractivity contribution in [2.24, 2.45) is 5.92 Å². The van der Waals surface area contributed by atoms with Gasteiger partial charge < -0.3 is 10.6 Å². The monoisotopic (exact) mass is 310 g/mol. The van der Waals surface area contributed by atoms with Gasteiger partial charge in [-0.25, -0.2) is 13.2 Å². The second-order valence-corrected chi connectivity index (χ2v) is 7.78. The van der Waals surface area contributed by atoms with Crippen LogP contribution in [-0.4, -0.2) is 26.7 Å². The first-order chi connectivity index (χ1) is 9.86. The Hall–Kier alpha value is -1.56. The molecule has 1 aromatic rings. The number of carbonyl (C=O) groups excluding carboxylic acids is 1. The third kappa shape index (κ3) is 4.46. The zero-order valence-corrected chi connectivity index (χ0v) is 13.2. The molecule has 1 aliphatic carbocycles. The minimum Gasteiger partial charge on any atom is -0.335 e. The second-order valence-electron chi connectivity index (χ2n) is 5.76. The van der Waals surface area contributed by atoms with Gasteiger partial charge in [0.1, 0.15) is 0 Å². The number of amides is 2. The highest BCUT2D eigenvalue weighted by molar-refractivity contribution is 7.90. The quantitative estimate of drug-likeness (QED) is 0.901. The first-order valence-corrected chi connectivity index (χ1v) is 9.13. The second kappa shape index (κ2) is 6.47. The van der Waals surface area contributed by atoms with Crippen LogP contribution in [0.5, 0.6) is 0 Å². The van der Waals surface area contributed by atoms with Gasteiger partial charge in [-0.15, -0.1) is 0 Å². The number of rotatable bonds is 3. The number of anilines is 1. The van der Waals surface area contributed by atoms with Crippen LogP contribution in [0, 0.1) is 5.92 Å². The van der Waals surface area contributed by atoms with E-state index < -0.39 is 9.84 Å². The van der Waals surface area contributed by atoms with Crippen LogP contribution < -0.4 is 10.6 Å². The standard InChI is InChI=1S/C15H22N2O3S/c1-11-5-3-4-6-14(11)17-15(18)16-12-7-9-13(10-8-12)21(2,19)20/h7-11,14H,3-6H2,1-2H3,(H2,16,17,18)/t11-,14+/m1/s1. The Bertz CT molecular complexity index is 596. The summed E-state index contributed by atoms with van der Waals surface area (Å²) in [6.45, 7) is 2.16. The number of urea groups is 1. The summed E-state index contributed by atoms with van der Waals surface area (Å²) in [7, 11) is -3.21. The Balaban J connectivity index is 1.93. The van der Waals surface area contributed by atoms with Crippen molar-refractivity contribution >= 4 is 21.6 Å². The van der Waals surface area contributed by atoms with E-state index in [-0.39, 0.29) is 17.0 Å². The van der Waals surface area contributed by atoms with Gasteiger partial charge in [-0.1, -0.05) is 19.8 Å². The van der Waals surface area contributed by atoms with Crippen molar-refractivity contribution in [2.75, 3.05) is 11.6 Å². The summed E-state index contributed by atoms with van der Waals surface area (Å²) < 4.78 is 22.7. The molecule has 2 amide bonds. The number of carbonyl (C=O) groups is 1. The molecular formula is C15H22N2O3S. The molecule has 6 heteroatoms. The van der Waals surface area contributed by atoms with Gasteiger partial charge in [-0.2, -0.15) is 0 Å². The fourth-order valence-electron chi connectivity index (χ4n) is 2.65. The molecule has 1 saturated carbocycles. The zero-order chi connectivity index (χ0) is 15.5. The molecule has 0 spiro atoms. The normalized spacial score (nSPS) is 22.6. The summed E-state index contributed by atoms with van der Waals surface area (Å²) in [6, 6.07) is 6.16. The Morgan fingerprint density at radius 3 is 2.33 bits per heavy atom. The molecule has 0 unspecified atom stereocenters. The Morgan fingerprint density at radius 1 is 1.14 bits per heavy atom. The average molecular weight is 310 g/mol.